The van der Waals surface area contributed by atoms with Gasteiger partial charge in [-0.2, -0.15) is 0 Å². The molecule has 3 aliphatic carbocycles. The van der Waals surface area contributed by atoms with Gasteiger partial charge in [0.25, 0.3) is 0 Å². The van der Waals surface area contributed by atoms with Crippen molar-refractivity contribution in [2.45, 2.75) is 71.3 Å². The van der Waals surface area contributed by atoms with Crippen molar-refractivity contribution in [2.75, 3.05) is 6.61 Å². The maximum Gasteiger partial charge on any atom is 0.0544 e. The maximum atomic E-state index is 9.94. The zero-order valence-electron chi connectivity index (χ0n) is 13.8. The van der Waals surface area contributed by atoms with Crippen molar-refractivity contribution in [3.05, 3.63) is 12.2 Å². The van der Waals surface area contributed by atoms with Gasteiger partial charge in [0.2, 0.25) is 0 Å². The molecule has 3 fully saturated rings. The fraction of sp³-hybridized carbons (Fsp3) is 0.895. The molecule has 0 aliphatic heterocycles. The molecule has 0 amide bonds. The predicted molar refractivity (Wildman–Crippen MR) is 85.9 cm³/mol. The number of aliphatic hydroxyl groups excluding tert-OH is 2. The lowest BCUT2D eigenvalue weighted by Crippen LogP contribution is -2.46. The highest BCUT2D eigenvalue weighted by molar-refractivity contribution is 5.19. The highest BCUT2D eigenvalue weighted by atomic mass is 16.3. The van der Waals surface area contributed by atoms with Crippen LogP contribution >= 0.6 is 0 Å². The van der Waals surface area contributed by atoms with Gasteiger partial charge < -0.3 is 10.2 Å². The van der Waals surface area contributed by atoms with Crippen LogP contribution in [-0.2, 0) is 0 Å². The zero-order chi connectivity index (χ0) is 15.3. The zero-order valence-corrected chi connectivity index (χ0v) is 13.8. The van der Waals surface area contributed by atoms with Gasteiger partial charge in [-0.05, 0) is 80.0 Å². The lowest BCUT2D eigenvalue weighted by atomic mass is 9.53. The first-order valence-electron chi connectivity index (χ1n) is 8.87. The molecular formula is C19H32O2. The molecule has 0 spiro atoms. The van der Waals surface area contributed by atoms with Crippen LogP contribution < -0.4 is 0 Å². The summed E-state index contributed by atoms with van der Waals surface area (Å²) in [5.41, 5.74) is 2.09. The van der Waals surface area contributed by atoms with Crippen LogP contribution in [0.3, 0.4) is 0 Å². The van der Waals surface area contributed by atoms with Gasteiger partial charge >= 0.3 is 0 Å². The second-order valence-corrected chi connectivity index (χ2v) is 8.54. The predicted octanol–water partition coefficient (Wildman–Crippen LogP) is 3.92. The monoisotopic (exact) mass is 292 g/mol. The third kappa shape index (κ3) is 2.39. The Bertz CT molecular complexity index is 418. The summed E-state index contributed by atoms with van der Waals surface area (Å²) in [6.07, 6.45) is 8.96. The van der Waals surface area contributed by atoms with E-state index in [4.69, 9.17) is 0 Å². The molecule has 0 radical (unpaired) electrons. The van der Waals surface area contributed by atoms with Crippen molar-refractivity contribution in [2.24, 2.45) is 28.6 Å². The van der Waals surface area contributed by atoms with Gasteiger partial charge in [0.15, 0.2) is 0 Å². The molecule has 3 saturated carbocycles. The molecule has 120 valence electrons. The summed E-state index contributed by atoms with van der Waals surface area (Å²) < 4.78 is 0. The van der Waals surface area contributed by atoms with Gasteiger partial charge in [0.05, 0.1) is 6.10 Å². The fourth-order valence-corrected chi connectivity index (χ4v) is 5.75. The number of hydrogen-bond donors (Lipinski definition) is 2. The lowest BCUT2D eigenvalue weighted by Gasteiger charge is -2.52. The van der Waals surface area contributed by atoms with E-state index in [1.54, 1.807) is 0 Å². The van der Waals surface area contributed by atoms with Gasteiger partial charge in [-0.1, -0.05) is 26.0 Å². The molecule has 3 aliphatic rings. The minimum Gasteiger partial charge on any atom is -0.396 e. The van der Waals surface area contributed by atoms with Crippen LogP contribution in [0.5, 0.6) is 0 Å². The van der Waals surface area contributed by atoms with Crippen LogP contribution in [0.2, 0.25) is 0 Å². The van der Waals surface area contributed by atoms with E-state index in [0.717, 1.165) is 25.2 Å². The van der Waals surface area contributed by atoms with Crippen LogP contribution in [0, 0.1) is 28.6 Å². The topological polar surface area (TPSA) is 40.5 Å². The first kappa shape index (κ1) is 15.6. The standard InChI is InChI=1S/C19H32O2/c1-13-4-5-14-10-15(6-8-18(13,14)2)19(3)9-7-17(21)11-16(19)12-20/h14-17,20-21H,1,4-12H2,2-3H3/t14-,15-,16-,17-,18+,19+/m0/s1. The smallest absolute Gasteiger partial charge is 0.0544 e. The van der Waals surface area contributed by atoms with E-state index in [1.165, 1.54) is 37.7 Å². The summed E-state index contributed by atoms with van der Waals surface area (Å²) in [6.45, 7) is 9.38. The van der Waals surface area contributed by atoms with Crippen molar-refractivity contribution in [3.63, 3.8) is 0 Å². The average molecular weight is 292 g/mol. The summed E-state index contributed by atoms with van der Waals surface area (Å²) >= 11 is 0. The molecule has 0 saturated heterocycles. The molecule has 0 aromatic carbocycles. The Hall–Kier alpha value is -0.340. The van der Waals surface area contributed by atoms with E-state index in [0.29, 0.717) is 11.3 Å². The van der Waals surface area contributed by atoms with Crippen molar-refractivity contribution < 1.29 is 10.2 Å². The minimum atomic E-state index is -0.199. The molecular weight excluding hydrogens is 260 g/mol. The maximum absolute atomic E-state index is 9.94. The first-order valence-corrected chi connectivity index (χ1v) is 8.87. The van der Waals surface area contributed by atoms with Gasteiger partial charge in [0, 0.05) is 6.61 Å². The largest absolute Gasteiger partial charge is 0.396 e. The highest BCUT2D eigenvalue weighted by Crippen LogP contribution is 2.61. The van der Waals surface area contributed by atoms with Crippen LogP contribution in [0.1, 0.15) is 65.2 Å². The number of aliphatic hydroxyl groups is 2. The Morgan fingerprint density at radius 1 is 1.10 bits per heavy atom. The van der Waals surface area contributed by atoms with Gasteiger partial charge in [-0.15, -0.1) is 0 Å². The van der Waals surface area contributed by atoms with E-state index in [-0.39, 0.29) is 24.0 Å². The highest BCUT2D eigenvalue weighted by Gasteiger charge is 2.51. The SMILES string of the molecule is C=C1CC[C@H]2C[C@@H]([C@@]3(C)CC[C@H](O)C[C@H]3CO)CC[C@]12C. The summed E-state index contributed by atoms with van der Waals surface area (Å²) in [6, 6.07) is 0. The van der Waals surface area contributed by atoms with Crippen molar-refractivity contribution in [1.82, 2.24) is 0 Å². The molecule has 0 aromatic rings. The summed E-state index contributed by atoms with van der Waals surface area (Å²) in [5.74, 6) is 1.79. The summed E-state index contributed by atoms with van der Waals surface area (Å²) in [7, 11) is 0. The Balaban J connectivity index is 1.77. The van der Waals surface area contributed by atoms with Gasteiger partial charge in [0.1, 0.15) is 0 Å². The molecule has 2 N–H and O–H groups in total. The second-order valence-electron chi connectivity index (χ2n) is 8.54. The number of fused-ring (bicyclic) bond motifs is 1. The lowest BCUT2D eigenvalue weighted by molar-refractivity contribution is -0.0661. The van der Waals surface area contributed by atoms with Gasteiger partial charge in [-0.3, -0.25) is 0 Å². The number of allylic oxidation sites excluding steroid dienone is 1. The van der Waals surface area contributed by atoms with Crippen LogP contribution in [-0.4, -0.2) is 22.9 Å². The molecule has 0 unspecified atom stereocenters. The number of hydrogen-bond acceptors (Lipinski definition) is 2. The Labute approximate surface area is 129 Å². The summed E-state index contributed by atoms with van der Waals surface area (Å²) in [5, 5.41) is 19.8. The molecule has 0 aromatic heterocycles. The summed E-state index contributed by atoms with van der Waals surface area (Å²) in [4.78, 5) is 0. The van der Waals surface area contributed by atoms with E-state index < -0.39 is 0 Å². The Morgan fingerprint density at radius 2 is 1.86 bits per heavy atom. The van der Waals surface area contributed by atoms with Crippen LogP contribution in [0.4, 0.5) is 0 Å². The average Bonchev–Trinajstić information content (AvgIpc) is 2.77. The molecule has 21 heavy (non-hydrogen) atoms. The third-order valence-corrected chi connectivity index (χ3v) is 7.74. The van der Waals surface area contributed by atoms with Crippen molar-refractivity contribution >= 4 is 0 Å². The normalized spacial score (nSPS) is 51.0. The van der Waals surface area contributed by atoms with Crippen molar-refractivity contribution in [1.29, 1.82) is 0 Å². The van der Waals surface area contributed by atoms with Crippen LogP contribution in [0.15, 0.2) is 12.2 Å². The molecule has 2 nitrogen and oxygen atoms in total. The van der Waals surface area contributed by atoms with Gasteiger partial charge in [-0.25, -0.2) is 0 Å². The Morgan fingerprint density at radius 3 is 2.57 bits per heavy atom. The van der Waals surface area contributed by atoms with E-state index in [9.17, 15) is 10.2 Å². The quantitative estimate of drug-likeness (QED) is 0.757. The molecule has 6 atom stereocenters. The van der Waals surface area contributed by atoms with E-state index >= 15 is 0 Å². The third-order valence-electron chi connectivity index (χ3n) is 7.74. The Kier molecular flexibility index (Phi) is 3.99. The second kappa shape index (κ2) is 5.38. The minimum absolute atomic E-state index is 0.199. The van der Waals surface area contributed by atoms with E-state index in [1.807, 2.05) is 0 Å². The van der Waals surface area contributed by atoms with Crippen LogP contribution in [0.25, 0.3) is 0 Å². The first-order chi connectivity index (χ1) is 9.90. The fourth-order valence-electron chi connectivity index (χ4n) is 5.75. The number of rotatable bonds is 2. The van der Waals surface area contributed by atoms with Crippen molar-refractivity contribution in [3.8, 4) is 0 Å². The van der Waals surface area contributed by atoms with E-state index in [2.05, 4.69) is 20.4 Å². The molecule has 0 heterocycles. The molecule has 2 heteroatoms. The molecule has 3 rings (SSSR count). The molecule has 0 bridgehead atoms.